The molecule has 0 atom stereocenters. The van der Waals surface area contributed by atoms with Gasteiger partial charge in [0.15, 0.2) is 10.8 Å². The maximum absolute atomic E-state index is 13.3. The van der Waals surface area contributed by atoms with Gasteiger partial charge in [-0.1, -0.05) is 42.7 Å². The van der Waals surface area contributed by atoms with E-state index in [1.54, 1.807) is 0 Å². The molecule has 0 bridgehead atoms. The van der Waals surface area contributed by atoms with Crippen molar-refractivity contribution in [2.45, 2.75) is 45.3 Å². The van der Waals surface area contributed by atoms with E-state index in [9.17, 15) is 13.2 Å². The van der Waals surface area contributed by atoms with Gasteiger partial charge in [0.25, 0.3) is 0 Å². The Labute approximate surface area is 173 Å². The average molecular weight is 424 g/mol. The molecule has 0 radical (unpaired) electrons. The molecule has 1 saturated heterocycles. The third kappa shape index (κ3) is 6.28. The Balaban J connectivity index is 1.73. The largest absolute Gasteiger partial charge is 0.433 e. The van der Waals surface area contributed by atoms with E-state index in [1.165, 1.54) is 0 Å². The van der Waals surface area contributed by atoms with E-state index in [0.717, 1.165) is 42.9 Å². The lowest BCUT2D eigenvalue weighted by Gasteiger charge is -2.23. The number of anilines is 2. The third-order valence-electron chi connectivity index (χ3n) is 4.73. The van der Waals surface area contributed by atoms with E-state index < -0.39 is 11.9 Å². The zero-order chi connectivity index (χ0) is 20.9. The Kier molecular flexibility index (Phi) is 6.89. The molecule has 0 saturated carbocycles. The zero-order valence-corrected chi connectivity index (χ0v) is 17.0. The minimum atomic E-state index is -4.56. The molecule has 5 nitrogen and oxygen atoms in total. The number of rotatable bonds is 4. The molecular weight excluding hydrogens is 399 g/mol. The van der Waals surface area contributed by atoms with Gasteiger partial charge in [0, 0.05) is 25.7 Å². The van der Waals surface area contributed by atoms with Crippen LogP contribution in [0, 0.1) is 6.92 Å². The number of nitrogens with one attached hydrogen (secondary N) is 2. The molecule has 1 aliphatic heterocycles. The predicted octanol–water partition coefficient (Wildman–Crippen LogP) is 4.67. The summed E-state index contributed by atoms with van der Waals surface area (Å²) in [7, 11) is 0. The van der Waals surface area contributed by atoms with Crippen LogP contribution in [0.4, 0.5) is 24.9 Å². The summed E-state index contributed by atoms with van der Waals surface area (Å²) in [6.07, 6.45) is -0.538. The number of aromatic nitrogens is 2. The number of hydrogen-bond donors (Lipinski definition) is 2. The summed E-state index contributed by atoms with van der Waals surface area (Å²) < 4.78 is 40.0. The molecule has 0 spiro atoms. The summed E-state index contributed by atoms with van der Waals surface area (Å²) in [5.41, 5.74) is 1.18. The average Bonchev–Trinajstić information content (AvgIpc) is 2.96. The van der Waals surface area contributed by atoms with Gasteiger partial charge in [-0.05, 0) is 37.5 Å². The Bertz CT molecular complexity index is 831. The van der Waals surface area contributed by atoms with Crippen LogP contribution in [0.15, 0.2) is 30.3 Å². The van der Waals surface area contributed by atoms with Crippen LogP contribution in [0.25, 0.3) is 0 Å². The van der Waals surface area contributed by atoms with E-state index in [2.05, 4.69) is 20.6 Å². The van der Waals surface area contributed by atoms with Crippen molar-refractivity contribution in [1.82, 2.24) is 15.3 Å². The summed E-state index contributed by atoms with van der Waals surface area (Å²) in [6, 6.07) is 8.90. The standard InChI is InChI=1S/C20H24F3N5S/c1-14-6-8-15(9-7-14)13-24-19(29)27-18-25-16(20(21,22)23)12-17(26-18)28-10-4-2-3-5-11-28/h6-9,12H,2-5,10-11,13H2,1H3,(H2,24,25,26,27,29). The van der Waals surface area contributed by atoms with Gasteiger partial charge in [-0.15, -0.1) is 0 Å². The van der Waals surface area contributed by atoms with Crippen LogP contribution >= 0.6 is 12.2 Å². The van der Waals surface area contributed by atoms with Crippen molar-refractivity contribution in [3.63, 3.8) is 0 Å². The minimum Gasteiger partial charge on any atom is -0.358 e. The van der Waals surface area contributed by atoms with E-state index in [0.29, 0.717) is 19.6 Å². The summed E-state index contributed by atoms with van der Waals surface area (Å²) in [4.78, 5) is 9.81. The summed E-state index contributed by atoms with van der Waals surface area (Å²) in [5.74, 6) is 0.124. The second kappa shape index (κ2) is 9.39. The van der Waals surface area contributed by atoms with Crippen molar-refractivity contribution in [2.24, 2.45) is 0 Å². The molecule has 3 rings (SSSR count). The first kappa shape index (κ1) is 21.3. The predicted molar refractivity (Wildman–Crippen MR) is 112 cm³/mol. The summed E-state index contributed by atoms with van der Waals surface area (Å²) >= 11 is 5.22. The van der Waals surface area contributed by atoms with Crippen molar-refractivity contribution < 1.29 is 13.2 Å². The first-order chi connectivity index (χ1) is 13.8. The lowest BCUT2D eigenvalue weighted by Crippen LogP contribution is -2.30. The number of aryl methyl sites for hydroxylation is 1. The highest BCUT2D eigenvalue weighted by molar-refractivity contribution is 7.80. The molecule has 2 N–H and O–H groups in total. The van der Waals surface area contributed by atoms with Gasteiger partial charge in [0.2, 0.25) is 5.95 Å². The molecule has 9 heteroatoms. The first-order valence-electron chi connectivity index (χ1n) is 9.63. The fraction of sp³-hybridized carbons (Fsp3) is 0.450. The number of thiocarbonyl (C=S) groups is 1. The lowest BCUT2D eigenvalue weighted by atomic mass is 10.1. The smallest absolute Gasteiger partial charge is 0.358 e. The number of benzene rings is 1. The lowest BCUT2D eigenvalue weighted by molar-refractivity contribution is -0.141. The maximum atomic E-state index is 13.3. The van der Waals surface area contributed by atoms with Crippen LogP contribution in [0.1, 0.15) is 42.5 Å². The molecule has 1 aromatic heterocycles. The van der Waals surface area contributed by atoms with Gasteiger partial charge in [0.1, 0.15) is 5.82 Å². The fourth-order valence-electron chi connectivity index (χ4n) is 3.13. The second-order valence-electron chi connectivity index (χ2n) is 7.13. The van der Waals surface area contributed by atoms with Gasteiger partial charge in [0.05, 0.1) is 0 Å². The third-order valence-corrected chi connectivity index (χ3v) is 4.98. The van der Waals surface area contributed by atoms with Gasteiger partial charge in [-0.2, -0.15) is 18.2 Å². The highest BCUT2D eigenvalue weighted by atomic mass is 32.1. The van der Waals surface area contributed by atoms with Gasteiger partial charge in [-0.25, -0.2) is 4.98 Å². The van der Waals surface area contributed by atoms with Crippen molar-refractivity contribution in [1.29, 1.82) is 0 Å². The Morgan fingerprint density at radius 3 is 2.34 bits per heavy atom. The number of halogens is 3. The number of hydrogen-bond acceptors (Lipinski definition) is 4. The van der Waals surface area contributed by atoms with Gasteiger partial charge in [-0.3, -0.25) is 0 Å². The summed E-state index contributed by atoms with van der Waals surface area (Å²) in [5, 5.41) is 5.86. The van der Waals surface area contributed by atoms with Crippen LogP contribution in [0.5, 0.6) is 0 Å². The molecular formula is C20H24F3N5S. The highest BCUT2D eigenvalue weighted by Gasteiger charge is 2.34. The maximum Gasteiger partial charge on any atom is 0.433 e. The van der Waals surface area contributed by atoms with E-state index in [1.807, 2.05) is 36.1 Å². The topological polar surface area (TPSA) is 53.1 Å². The van der Waals surface area contributed by atoms with Crippen molar-refractivity contribution in [3.8, 4) is 0 Å². The van der Waals surface area contributed by atoms with Crippen LogP contribution in [-0.4, -0.2) is 28.2 Å². The molecule has 156 valence electrons. The highest BCUT2D eigenvalue weighted by Crippen LogP contribution is 2.31. The van der Waals surface area contributed by atoms with Crippen LogP contribution in [0.3, 0.4) is 0 Å². The van der Waals surface area contributed by atoms with E-state index >= 15 is 0 Å². The van der Waals surface area contributed by atoms with Gasteiger partial charge >= 0.3 is 6.18 Å². The quantitative estimate of drug-likeness (QED) is 0.697. The molecule has 1 aliphatic rings. The van der Waals surface area contributed by atoms with Crippen molar-refractivity contribution in [3.05, 3.63) is 47.2 Å². The van der Waals surface area contributed by atoms with Crippen LogP contribution in [-0.2, 0) is 12.7 Å². The monoisotopic (exact) mass is 423 g/mol. The molecule has 2 heterocycles. The molecule has 0 amide bonds. The minimum absolute atomic E-state index is 0.152. The normalized spacial score (nSPS) is 15.0. The fourth-order valence-corrected chi connectivity index (χ4v) is 3.29. The van der Waals surface area contributed by atoms with E-state index in [4.69, 9.17) is 12.2 Å². The second-order valence-corrected chi connectivity index (χ2v) is 7.54. The Morgan fingerprint density at radius 1 is 1.07 bits per heavy atom. The molecule has 1 fully saturated rings. The van der Waals surface area contributed by atoms with Gasteiger partial charge < -0.3 is 15.5 Å². The molecule has 0 aliphatic carbocycles. The molecule has 29 heavy (non-hydrogen) atoms. The number of alkyl halides is 3. The van der Waals surface area contributed by atoms with Crippen molar-refractivity contribution in [2.75, 3.05) is 23.3 Å². The Morgan fingerprint density at radius 2 is 1.72 bits per heavy atom. The molecule has 1 aromatic carbocycles. The van der Waals surface area contributed by atoms with Crippen LogP contribution < -0.4 is 15.5 Å². The van der Waals surface area contributed by atoms with Crippen molar-refractivity contribution >= 4 is 29.1 Å². The zero-order valence-electron chi connectivity index (χ0n) is 16.2. The first-order valence-corrected chi connectivity index (χ1v) is 10.0. The Hall–Kier alpha value is -2.42. The molecule has 0 unspecified atom stereocenters. The number of nitrogens with zero attached hydrogens (tertiary/aromatic N) is 3. The van der Waals surface area contributed by atoms with E-state index in [-0.39, 0.29) is 16.9 Å². The summed E-state index contributed by atoms with van der Waals surface area (Å²) in [6.45, 7) is 3.81. The molecule has 2 aromatic rings. The SMILES string of the molecule is Cc1ccc(CNC(=S)Nc2nc(N3CCCCCC3)cc(C(F)(F)F)n2)cc1. The van der Waals surface area contributed by atoms with Crippen LogP contribution in [0.2, 0.25) is 0 Å².